The zero-order valence-corrected chi connectivity index (χ0v) is 16.4. The molecule has 1 aromatic rings. The van der Waals surface area contributed by atoms with E-state index in [9.17, 15) is 13.2 Å². The number of anilines is 1. The SMILES string of the molecule is CCN(CC)S(=O)(=O)c1ccc2c(c1)CCCN2C(=O)CC1CCCO1. The number of amides is 1. The maximum Gasteiger partial charge on any atom is 0.243 e. The number of benzene rings is 1. The molecule has 2 heterocycles. The molecule has 1 fully saturated rings. The Labute approximate surface area is 156 Å². The third kappa shape index (κ3) is 3.80. The lowest BCUT2D eigenvalue weighted by Crippen LogP contribution is -2.37. The van der Waals surface area contributed by atoms with Crippen LogP contribution in [0.25, 0.3) is 0 Å². The first kappa shape index (κ1) is 19.3. The smallest absolute Gasteiger partial charge is 0.243 e. The molecule has 0 aliphatic carbocycles. The second kappa shape index (κ2) is 8.06. The summed E-state index contributed by atoms with van der Waals surface area (Å²) >= 11 is 0. The van der Waals surface area contributed by atoms with Crippen LogP contribution in [0.15, 0.2) is 23.1 Å². The van der Waals surface area contributed by atoms with Crippen molar-refractivity contribution in [3.05, 3.63) is 23.8 Å². The molecule has 2 aliphatic rings. The number of carbonyl (C=O) groups is 1. The number of hydrogen-bond donors (Lipinski definition) is 0. The topological polar surface area (TPSA) is 66.9 Å². The number of hydrogen-bond acceptors (Lipinski definition) is 4. The second-order valence-corrected chi connectivity index (χ2v) is 8.81. The lowest BCUT2D eigenvalue weighted by Gasteiger charge is -2.31. The van der Waals surface area contributed by atoms with Crippen LogP contribution in [0.4, 0.5) is 5.69 Å². The van der Waals surface area contributed by atoms with Gasteiger partial charge in [-0.1, -0.05) is 13.8 Å². The molecular weight excluding hydrogens is 352 g/mol. The van der Waals surface area contributed by atoms with Crippen molar-refractivity contribution < 1.29 is 17.9 Å². The van der Waals surface area contributed by atoms with Gasteiger partial charge in [-0.15, -0.1) is 0 Å². The molecular formula is C19H28N2O4S. The Hall–Kier alpha value is -1.44. The lowest BCUT2D eigenvalue weighted by atomic mass is 10.0. The van der Waals surface area contributed by atoms with Gasteiger partial charge in [-0.2, -0.15) is 4.31 Å². The van der Waals surface area contributed by atoms with Gasteiger partial charge in [-0.3, -0.25) is 4.79 Å². The molecule has 0 aromatic heterocycles. The normalized spacial score (nSPS) is 20.4. The van der Waals surface area contributed by atoms with Gasteiger partial charge in [0.25, 0.3) is 0 Å². The minimum atomic E-state index is -3.48. The van der Waals surface area contributed by atoms with Crippen LogP contribution >= 0.6 is 0 Å². The molecule has 0 spiro atoms. The highest BCUT2D eigenvalue weighted by Crippen LogP contribution is 2.31. The van der Waals surface area contributed by atoms with E-state index in [4.69, 9.17) is 4.74 Å². The summed E-state index contributed by atoms with van der Waals surface area (Å²) in [6.45, 7) is 5.99. The van der Waals surface area contributed by atoms with Crippen molar-refractivity contribution in [3.8, 4) is 0 Å². The molecule has 1 atom stereocenters. The maximum absolute atomic E-state index is 12.8. The fourth-order valence-corrected chi connectivity index (χ4v) is 5.33. The molecule has 2 aliphatic heterocycles. The van der Waals surface area contributed by atoms with Gasteiger partial charge in [0.2, 0.25) is 15.9 Å². The van der Waals surface area contributed by atoms with Crippen LogP contribution < -0.4 is 4.90 Å². The van der Waals surface area contributed by atoms with Crippen LogP contribution in [0.5, 0.6) is 0 Å². The Kier molecular flexibility index (Phi) is 5.99. The summed E-state index contributed by atoms with van der Waals surface area (Å²) in [5.74, 6) is 0.0669. The van der Waals surface area contributed by atoms with Crippen molar-refractivity contribution in [2.75, 3.05) is 31.1 Å². The van der Waals surface area contributed by atoms with Gasteiger partial charge in [-0.05, 0) is 49.4 Å². The molecule has 0 bridgehead atoms. The second-order valence-electron chi connectivity index (χ2n) is 6.87. The Morgan fingerprint density at radius 2 is 2.04 bits per heavy atom. The monoisotopic (exact) mass is 380 g/mol. The van der Waals surface area contributed by atoms with E-state index < -0.39 is 10.0 Å². The highest BCUT2D eigenvalue weighted by atomic mass is 32.2. The Bertz CT molecular complexity index is 753. The molecule has 1 amide bonds. The molecule has 1 unspecified atom stereocenters. The lowest BCUT2D eigenvalue weighted by molar-refractivity contribution is -0.120. The van der Waals surface area contributed by atoms with Crippen molar-refractivity contribution in [1.29, 1.82) is 0 Å². The van der Waals surface area contributed by atoms with E-state index in [1.165, 1.54) is 4.31 Å². The van der Waals surface area contributed by atoms with Crippen LogP contribution in [0, 0.1) is 0 Å². The average Bonchev–Trinajstić information content (AvgIpc) is 3.14. The highest BCUT2D eigenvalue weighted by Gasteiger charge is 2.29. The summed E-state index contributed by atoms with van der Waals surface area (Å²) in [5.41, 5.74) is 1.78. The van der Waals surface area contributed by atoms with E-state index in [0.29, 0.717) is 31.0 Å². The van der Waals surface area contributed by atoms with Gasteiger partial charge in [0.05, 0.1) is 17.4 Å². The third-order valence-corrected chi connectivity index (χ3v) is 7.29. The predicted molar refractivity (Wildman–Crippen MR) is 101 cm³/mol. The quantitative estimate of drug-likeness (QED) is 0.761. The molecule has 6 nitrogen and oxygen atoms in total. The van der Waals surface area contributed by atoms with Gasteiger partial charge >= 0.3 is 0 Å². The van der Waals surface area contributed by atoms with E-state index >= 15 is 0 Å². The van der Waals surface area contributed by atoms with Crippen molar-refractivity contribution in [2.45, 2.75) is 57.0 Å². The molecule has 7 heteroatoms. The van der Waals surface area contributed by atoms with Gasteiger partial charge in [0.1, 0.15) is 0 Å². The van der Waals surface area contributed by atoms with E-state index in [-0.39, 0.29) is 12.0 Å². The highest BCUT2D eigenvalue weighted by molar-refractivity contribution is 7.89. The average molecular weight is 381 g/mol. The summed E-state index contributed by atoms with van der Waals surface area (Å²) < 4.78 is 32.6. The van der Waals surface area contributed by atoms with E-state index in [2.05, 4.69) is 0 Å². The Morgan fingerprint density at radius 3 is 2.69 bits per heavy atom. The number of sulfonamides is 1. The van der Waals surface area contributed by atoms with E-state index in [1.54, 1.807) is 23.1 Å². The van der Waals surface area contributed by atoms with Gasteiger partial charge in [0.15, 0.2) is 0 Å². The minimum absolute atomic E-state index is 0.0233. The zero-order chi connectivity index (χ0) is 18.7. The standard InChI is InChI=1S/C19H28N2O4S/c1-3-20(4-2)26(23,24)17-9-10-18-15(13-17)7-5-11-21(18)19(22)14-16-8-6-12-25-16/h9-10,13,16H,3-8,11-12,14H2,1-2H3. The van der Waals surface area contributed by atoms with Gasteiger partial charge in [0, 0.05) is 31.9 Å². The molecule has 0 saturated carbocycles. The van der Waals surface area contributed by atoms with Gasteiger partial charge < -0.3 is 9.64 Å². The maximum atomic E-state index is 12.8. The number of fused-ring (bicyclic) bond motifs is 1. The summed E-state index contributed by atoms with van der Waals surface area (Å²) in [7, 11) is -3.48. The van der Waals surface area contributed by atoms with Crippen LogP contribution in [-0.4, -0.2) is 51.0 Å². The number of rotatable bonds is 6. The van der Waals surface area contributed by atoms with Crippen molar-refractivity contribution >= 4 is 21.6 Å². The van der Waals surface area contributed by atoms with Crippen LogP contribution in [-0.2, 0) is 26.0 Å². The number of nitrogens with zero attached hydrogens (tertiary/aromatic N) is 2. The minimum Gasteiger partial charge on any atom is -0.378 e. The fraction of sp³-hybridized carbons (Fsp3) is 0.632. The summed E-state index contributed by atoms with van der Waals surface area (Å²) in [4.78, 5) is 14.8. The van der Waals surface area contributed by atoms with Gasteiger partial charge in [-0.25, -0.2) is 8.42 Å². The molecule has 144 valence electrons. The molecule has 26 heavy (non-hydrogen) atoms. The number of aryl methyl sites for hydroxylation is 1. The van der Waals surface area contributed by atoms with Crippen molar-refractivity contribution in [2.24, 2.45) is 0 Å². The molecule has 0 N–H and O–H groups in total. The molecule has 1 aromatic carbocycles. The summed E-state index contributed by atoms with van der Waals surface area (Å²) in [6, 6.07) is 5.16. The first-order valence-electron chi connectivity index (χ1n) is 9.52. The first-order valence-corrected chi connectivity index (χ1v) is 11.0. The zero-order valence-electron chi connectivity index (χ0n) is 15.6. The van der Waals surface area contributed by atoms with E-state index in [1.807, 2.05) is 13.8 Å². The molecule has 0 radical (unpaired) electrons. The van der Waals surface area contributed by atoms with Crippen LogP contribution in [0.3, 0.4) is 0 Å². The third-order valence-electron chi connectivity index (χ3n) is 5.24. The van der Waals surface area contributed by atoms with Crippen molar-refractivity contribution in [3.63, 3.8) is 0 Å². The Morgan fingerprint density at radius 1 is 1.27 bits per heavy atom. The Balaban J connectivity index is 1.84. The summed E-state index contributed by atoms with van der Waals surface area (Å²) in [6.07, 6.45) is 4.02. The van der Waals surface area contributed by atoms with Crippen LogP contribution in [0.1, 0.15) is 45.1 Å². The largest absolute Gasteiger partial charge is 0.378 e. The van der Waals surface area contributed by atoms with Crippen LogP contribution in [0.2, 0.25) is 0 Å². The van der Waals surface area contributed by atoms with Crippen molar-refractivity contribution in [1.82, 2.24) is 4.31 Å². The molecule has 1 saturated heterocycles. The summed E-state index contributed by atoms with van der Waals surface area (Å²) in [5, 5.41) is 0. The number of carbonyl (C=O) groups excluding carboxylic acids is 1. The predicted octanol–water partition coefficient (Wildman–Crippen LogP) is 2.57. The molecule has 3 rings (SSSR count). The number of ether oxygens (including phenoxy) is 1. The fourth-order valence-electron chi connectivity index (χ4n) is 3.82. The first-order chi connectivity index (χ1) is 12.5. The van der Waals surface area contributed by atoms with E-state index in [0.717, 1.165) is 43.5 Å².